The number of carbonyl (C=O) groups is 2. The van der Waals surface area contributed by atoms with Crippen LogP contribution in [0.4, 0.5) is 0 Å². The molecule has 6 heteroatoms. The summed E-state index contributed by atoms with van der Waals surface area (Å²) in [5.74, 6) is 0.428. The predicted octanol–water partition coefficient (Wildman–Crippen LogP) is 3.42. The molecule has 0 spiro atoms. The number of hydrogen-bond donors (Lipinski definition) is 1. The van der Waals surface area contributed by atoms with Crippen molar-refractivity contribution in [2.45, 2.75) is 38.0 Å². The van der Waals surface area contributed by atoms with Crippen molar-refractivity contribution >= 4 is 35.2 Å². The molecule has 0 saturated heterocycles. The van der Waals surface area contributed by atoms with Gasteiger partial charge in [-0.25, -0.2) is 4.79 Å². The zero-order chi connectivity index (χ0) is 16.6. The van der Waals surface area contributed by atoms with Gasteiger partial charge in [-0.2, -0.15) is 0 Å². The molecule has 1 rings (SSSR count). The molecule has 1 unspecified atom stereocenters. The molecule has 1 amide bonds. The Morgan fingerprint density at radius 3 is 2.50 bits per heavy atom. The molecule has 0 aliphatic rings. The van der Waals surface area contributed by atoms with Crippen molar-refractivity contribution in [3.05, 3.63) is 34.9 Å². The van der Waals surface area contributed by atoms with Crippen LogP contribution in [0.3, 0.4) is 0 Å². The van der Waals surface area contributed by atoms with Crippen molar-refractivity contribution in [1.82, 2.24) is 5.32 Å². The van der Waals surface area contributed by atoms with Gasteiger partial charge in [0.15, 0.2) is 0 Å². The van der Waals surface area contributed by atoms with Gasteiger partial charge in [0.2, 0.25) is 5.91 Å². The van der Waals surface area contributed by atoms with E-state index < -0.39 is 11.5 Å². The Morgan fingerprint density at radius 2 is 1.95 bits per heavy atom. The molecule has 0 aromatic heterocycles. The molecule has 0 aliphatic heterocycles. The minimum atomic E-state index is -0.957. The van der Waals surface area contributed by atoms with Crippen molar-refractivity contribution in [1.29, 1.82) is 0 Å². The standard InChI is InChI=1S/C16H22ClNO3S/c1-4-9-16(2,15(20)21-3)18-14(19)11-22-10-12-5-7-13(17)8-6-12/h5-8H,4,9-11H2,1-3H3,(H,18,19). The second-order valence-electron chi connectivity index (χ2n) is 5.24. The number of amides is 1. The molecule has 1 N–H and O–H groups in total. The fourth-order valence-corrected chi connectivity index (χ4v) is 3.04. The Bertz CT molecular complexity index is 507. The lowest BCUT2D eigenvalue weighted by Crippen LogP contribution is -2.53. The molecule has 4 nitrogen and oxygen atoms in total. The maximum atomic E-state index is 12.0. The molecule has 22 heavy (non-hydrogen) atoms. The van der Waals surface area contributed by atoms with Crippen molar-refractivity contribution in [3.63, 3.8) is 0 Å². The molecule has 0 aliphatic carbocycles. The molecule has 1 aromatic carbocycles. The maximum absolute atomic E-state index is 12.0. The van der Waals surface area contributed by atoms with E-state index in [9.17, 15) is 9.59 Å². The normalized spacial score (nSPS) is 13.3. The third-order valence-electron chi connectivity index (χ3n) is 3.22. The van der Waals surface area contributed by atoms with E-state index in [4.69, 9.17) is 16.3 Å². The summed E-state index contributed by atoms with van der Waals surface area (Å²) in [5, 5.41) is 3.48. The molecule has 0 saturated carbocycles. The van der Waals surface area contributed by atoms with Gasteiger partial charge in [-0.05, 0) is 31.0 Å². The Morgan fingerprint density at radius 1 is 1.32 bits per heavy atom. The van der Waals surface area contributed by atoms with Crippen LogP contribution in [0.2, 0.25) is 5.02 Å². The molecular formula is C16H22ClNO3S. The first-order chi connectivity index (χ1) is 10.4. The highest BCUT2D eigenvalue weighted by atomic mass is 35.5. The summed E-state index contributed by atoms with van der Waals surface area (Å²) in [4.78, 5) is 23.9. The second kappa shape index (κ2) is 9.06. The average Bonchev–Trinajstić information content (AvgIpc) is 2.48. The lowest BCUT2D eigenvalue weighted by atomic mass is 9.96. The second-order valence-corrected chi connectivity index (χ2v) is 6.66. The van der Waals surface area contributed by atoms with E-state index in [0.29, 0.717) is 22.9 Å². The third kappa shape index (κ3) is 5.89. The number of esters is 1. The number of halogens is 1. The van der Waals surface area contributed by atoms with Gasteiger partial charge in [0.25, 0.3) is 0 Å². The number of carbonyl (C=O) groups excluding carboxylic acids is 2. The number of thioether (sulfide) groups is 1. The van der Waals surface area contributed by atoms with Crippen LogP contribution in [0.1, 0.15) is 32.3 Å². The van der Waals surface area contributed by atoms with Gasteiger partial charge in [0.05, 0.1) is 12.9 Å². The number of nitrogens with one attached hydrogen (secondary N) is 1. The highest BCUT2D eigenvalue weighted by Crippen LogP contribution is 2.17. The molecule has 1 atom stereocenters. The third-order valence-corrected chi connectivity index (χ3v) is 4.47. The molecule has 0 radical (unpaired) electrons. The van der Waals surface area contributed by atoms with E-state index in [-0.39, 0.29) is 5.91 Å². The number of hydrogen-bond acceptors (Lipinski definition) is 4. The summed E-state index contributed by atoms with van der Waals surface area (Å²) in [5.41, 5.74) is 0.146. The highest BCUT2D eigenvalue weighted by Gasteiger charge is 2.34. The topological polar surface area (TPSA) is 55.4 Å². The van der Waals surface area contributed by atoms with Crippen molar-refractivity contribution in [2.24, 2.45) is 0 Å². The molecule has 122 valence electrons. The van der Waals surface area contributed by atoms with Crippen molar-refractivity contribution in [3.8, 4) is 0 Å². The van der Waals surface area contributed by atoms with Gasteiger partial charge < -0.3 is 10.1 Å². The molecule has 0 fully saturated rings. The van der Waals surface area contributed by atoms with Gasteiger partial charge in [0.1, 0.15) is 5.54 Å². The first kappa shape index (κ1) is 18.8. The lowest BCUT2D eigenvalue weighted by Gasteiger charge is -2.27. The summed E-state index contributed by atoms with van der Waals surface area (Å²) in [7, 11) is 1.33. The number of rotatable bonds is 8. The van der Waals surface area contributed by atoms with Gasteiger partial charge in [-0.1, -0.05) is 37.1 Å². The van der Waals surface area contributed by atoms with E-state index in [1.807, 2.05) is 31.2 Å². The maximum Gasteiger partial charge on any atom is 0.331 e. The smallest absolute Gasteiger partial charge is 0.331 e. The van der Waals surface area contributed by atoms with Crippen LogP contribution in [0.25, 0.3) is 0 Å². The fourth-order valence-electron chi connectivity index (χ4n) is 2.13. The molecular weight excluding hydrogens is 322 g/mol. The lowest BCUT2D eigenvalue weighted by molar-refractivity contribution is -0.150. The minimum Gasteiger partial charge on any atom is -0.467 e. The molecule has 0 bridgehead atoms. The predicted molar refractivity (Wildman–Crippen MR) is 91.1 cm³/mol. The first-order valence-electron chi connectivity index (χ1n) is 7.13. The van der Waals surface area contributed by atoms with Crippen LogP contribution in [0.5, 0.6) is 0 Å². The molecule has 0 heterocycles. The summed E-state index contributed by atoms with van der Waals surface area (Å²) in [6.07, 6.45) is 1.33. The van der Waals surface area contributed by atoms with Crippen LogP contribution in [-0.2, 0) is 20.1 Å². The Hall–Kier alpha value is -1.20. The highest BCUT2D eigenvalue weighted by molar-refractivity contribution is 7.99. The van der Waals surface area contributed by atoms with Gasteiger partial charge in [-0.3, -0.25) is 4.79 Å². The summed E-state index contributed by atoms with van der Waals surface area (Å²) < 4.78 is 4.78. The first-order valence-corrected chi connectivity index (χ1v) is 8.66. The van der Waals surface area contributed by atoms with Crippen LogP contribution in [-0.4, -0.2) is 30.3 Å². The number of ether oxygens (including phenoxy) is 1. The van der Waals surface area contributed by atoms with Crippen LogP contribution in [0.15, 0.2) is 24.3 Å². The van der Waals surface area contributed by atoms with Gasteiger partial charge >= 0.3 is 5.97 Å². The molecule has 1 aromatic rings. The Balaban J connectivity index is 2.47. The van der Waals surface area contributed by atoms with Crippen LogP contribution < -0.4 is 5.32 Å². The summed E-state index contributed by atoms with van der Waals surface area (Å²) >= 11 is 7.32. The van der Waals surface area contributed by atoms with Crippen molar-refractivity contribution < 1.29 is 14.3 Å². The SMILES string of the molecule is CCCC(C)(NC(=O)CSCc1ccc(Cl)cc1)C(=O)OC. The van der Waals surface area contributed by atoms with Crippen LogP contribution in [0, 0.1) is 0 Å². The van der Waals surface area contributed by atoms with Gasteiger partial charge in [0, 0.05) is 10.8 Å². The van der Waals surface area contributed by atoms with E-state index in [1.165, 1.54) is 18.9 Å². The largest absolute Gasteiger partial charge is 0.467 e. The fraction of sp³-hybridized carbons (Fsp3) is 0.500. The monoisotopic (exact) mass is 343 g/mol. The van der Waals surface area contributed by atoms with Crippen molar-refractivity contribution in [2.75, 3.05) is 12.9 Å². The quantitative estimate of drug-likeness (QED) is 0.735. The average molecular weight is 344 g/mol. The Kier molecular flexibility index (Phi) is 7.76. The summed E-state index contributed by atoms with van der Waals surface area (Å²) in [6.45, 7) is 3.66. The number of methoxy groups -OCH3 is 1. The minimum absolute atomic E-state index is 0.166. The zero-order valence-corrected chi connectivity index (χ0v) is 14.7. The van der Waals surface area contributed by atoms with E-state index >= 15 is 0 Å². The van der Waals surface area contributed by atoms with Gasteiger partial charge in [-0.15, -0.1) is 11.8 Å². The summed E-state index contributed by atoms with van der Waals surface area (Å²) in [6, 6.07) is 7.52. The Labute approximate surface area is 140 Å². The van der Waals surface area contributed by atoms with E-state index in [2.05, 4.69) is 5.32 Å². The van der Waals surface area contributed by atoms with E-state index in [0.717, 1.165) is 12.0 Å². The number of benzene rings is 1. The zero-order valence-electron chi connectivity index (χ0n) is 13.1. The van der Waals surface area contributed by atoms with E-state index in [1.54, 1.807) is 6.92 Å². The van der Waals surface area contributed by atoms with Crippen LogP contribution >= 0.6 is 23.4 Å².